The molecule has 1 aliphatic heterocycles. The molecule has 0 spiro atoms. The fraction of sp³-hybridized carbons (Fsp3) is 0.217. The number of amides is 1. The second kappa shape index (κ2) is 8.23. The van der Waals surface area contributed by atoms with Crippen molar-refractivity contribution in [2.45, 2.75) is 25.8 Å². The van der Waals surface area contributed by atoms with E-state index >= 15 is 0 Å². The first kappa shape index (κ1) is 18.2. The van der Waals surface area contributed by atoms with Gasteiger partial charge in [-0.3, -0.25) is 15.0 Å². The van der Waals surface area contributed by atoms with E-state index in [9.17, 15) is 4.79 Å². The van der Waals surface area contributed by atoms with Crippen LogP contribution in [0.15, 0.2) is 67.0 Å². The average Bonchev–Trinajstić information content (AvgIpc) is 2.96. The highest BCUT2D eigenvalue weighted by atomic mass is 16.5. The minimum absolute atomic E-state index is 0.447. The summed E-state index contributed by atoms with van der Waals surface area (Å²) in [5, 5.41) is 8.77. The maximum Gasteiger partial charge on any atom is 0.274 e. The zero-order valence-electron chi connectivity index (χ0n) is 15.6. The maximum atomic E-state index is 11.5. The Hall–Kier alpha value is -3.18. The molecule has 0 saturated heterocycles. The number of hydrogen-bond donors (Lipinski definition) is 2. The molecule has 0 bridgehead atoms. The monoisotopic (exact) mass is 373 g/mol. The van der Waals surface area contributed by atoms with Crippen molar-refractivity contribution in [2.24, 2.45) is 0 Å². The molecule has 0 atom stereocenters. The molecule has 1 aliphatic rings. The lowest BCUT2D eigenvalue weighted by Crippen LogP contribution is -2.24. The molecule has 0 fully saturated rings. The Bertz CT molecular complexity index is 955. The predicted molar refractivity (Wildman–Crippen MR) is 109 cm³/mol. The average molecular weight is 373 g/mol. The summed E-state index contributed by atoms with van der Waals surface area (Å²) >= 11 is 0. The summed E-state index contributed by atoms with van der Waals surface area (Å²) in [7, 11) is 0. The first-order valence-electron chi connectivity index (χ1n) is 9.56. The summed E-state index contributed by atoms with van der Waals surface area (Å²) in [6.45, 7) is 1.79. The molecule has 2 aromatic carbocycles. The third-order valence-electron chi connectivity index (χ3n) is 5.25. The number of pyridine rings is 1. The van der Waals surface area contributed by atoms with Crippen LogP contribution in [0.25, 0.3) is 11.1 Å². The zero-order valence-corrected chi connectivity index (χ0v) is 15.6. The lowest BCUT2D eigenvalue weighted by Gasteiger charge is -2.26. The van der Waals surface area contributed by atoms with E-state index in [1.54, 1.807) is 17.6 Å². The van der Waals surface area contributed by atoms with Crippen LogP contribution in [-0.2, 0) is 13.0 Å². The number of nitrogens with one attached hydrogen (secondary N) is 1. The number of aryl methyl sites for hydroxylation is 1. The van der Waals surface area contributed by atoms with E-state index in [0.717, 1.165) is 31.5 Å². The molecule has 142 valence electrons. The number of nitrogens with zero attached hydrogens (tertiary/aromatic N) is 2. The molecule has 0 aliphatic carbocycles. The number of aromatic nitrogens is 1. The van der Waals surface area contributed by atoms with E-state index < -0.39 is 5.91 Å². The Morgan fingerprint density at radius 3 is 2.54 bits per heavy atom. The van der Waals surface area contributed by atoms with Crippen LogP contribution >= 0.6 is 0 Å². The Balaban J connectivity index is 1.62. The van der Waals surface area contributed by atoms with Gasteiger partial charge in [-0.2, -0.15) is 0 Å². The summed E-state index contributed by atoms with van der Waals surface area (Å²) in [4.78, 5) is 18.1. The number of carbonyl (C=O) groups excluding carboxylic acids is 1. The van der Waals surface area contributed by atoms with Gasteiger partial charge in [0.2, 0.25) is 0 Å². The molecule has 0 unspecified atom stereocenters. The van der Waals surface area contributed by atoms with Crippen molar-refractivity contribution in [1.82, 2.24) is 10.5 Å². The van der Waals surface area contributed by atoms with Gasteiger partial charge in [0, 0.05) is 36.7 Å². The van der Waals surface area contributed by atoms with Gasteiger partial charge >= 0.3 is 0 Å². The molecule has 1 amide bonds. The quantitative estimate of drug-likeness (QED) is 0.531. The smallest absolute Gasteiger partial charge is 0.274 e. The number of benzene rings is 2. The van der Waals surface area contributed by atoms with Gasteiger partial charge in [-0.25, -0.2) is 5.48 Å². The summed E-state index contributed by atoms with van der Waals surface area (Å²) in [5.41, 5.74) is 8.28. The molecule has 3 aromatic rings. The van der Waals surface area contributed by atoms with Crippen LogP contribution in [0, 0.1) is 0 Å². The number of fused-ring (bicyclic) bond motifs is 1. The van der Waals surface area contributed by atoms with E-state index in [1.165, 1.54) is 28.8 Å². The van der Waals surface area contributed by atoms with Crippen molar-refractivity contribution in [3.05, 3.63) is 83.7 Å². The highest BCUT2D eigenvalue weighted by Crippen LogP contribution is 2.32. The fourth-order valence-electron chi connectivity index (χ4n) is 3.74. The maximum absolute atomic E-state index is 11.5. The molecule has 5 heteroatoms. The standard InChI is InChI=1S/C23H23N3O2/c27-23(25-28)20-6-4-17(5-7-20)16-26-14-2-1-3-19-8-9-21(15-22(19)26)18-10-12-24-13-11-18/h4-13,15,28H,1-3,14,16H2,(H,25,27). The lowest BCUT2D eigenvalue weighted by atomic mass is 10.0. The molecule has 5 nitrogen and oxygen atoms in total. The molecule has 4 rings (SSSR count). The van der Waals surface area contributed by atoms with Crippen LogP contribution in [0.1, 0.15) is 34.3 Å². The van der Waals surface area contributed by atoms with Crippen LogP contribution in [0.2, 0.25) is 0 Å². The first-order chi connectivity index (χ1) is 13.7. The molecule has 28 heavy (non-hydrogen) atoms. The predicted octanol–water partition coefficient (Wildman–Crippen LogP) is 4.21. The molecular formula is C23H23N3O2. The van der Waals surface area contributed by atoms with Gasteiger partial charge in [0.05, 0.1) is 0 Å². The number of anilines is 1. The topological polar surface area (TPSA) is 65.5 Å². The molecule has 0 radical (unpaired) electrons. The van der Waals surface area contributed by atoms with E-state index in [-0.39, 0.29) is 0 Å². The molecular weight excluding hydrogens is 350 g/mol. The van der Waals surface area contributed by atoms with Crippen molar-refractivity contribution in [3.8, 4) is 11.1 Å². The number of hydrogen-bond acceptors (Lipinski definition) is 4. The van der Waals surface area contributed by atoms with Crippen molar-refractivity contribution in [3.63, 3.8) is 0 Å². The van der Waals surface area contributed by atoms with Crippen LogP contribution in [0.3, 0.4) is 0 Å². The van der Waals surface area contributed by atoms with Gasteiger partial charge in [0.25, 0.3) is 5.91 Å². The Morgan fingerprint density at radius 2 is 1.79 bits per heavy atom. The first-order valence-corrected chi connectivity index (χ1v) is 9.56. The van der Waals surface area contributed by atoms with Crippen LogP contribution in [-0.4, -0.2) is 22.6 Å². The Labute approximate surface area is 164 Å². The van der Waals surface area contributed by atoms with Gasteiger partial charge in [-0.1, -0.05) is 24.3 Å². The van der Waals surface area contributed by atoms with Gasteiger partial charge in [-0.15, -0.1) is 0 Å². The minimum atomic E-state index is -0.492. The summed E-state index contributed by atoms with van der Waals surface area (Å²) in [5.74, 6) is -0.492. The van der Waals surface area contributed by atoms with E-state index in [2.05, 4.69) is 28.1 Å². The number of rotatable bonds is 4. The normalized spacial score (nSPS) is 13.5. The van der Waals surface area contributed by atoms with Gasteiger partial charge < -0.3 is 4.90 Å². The van der Waals surface area contributed by atoms with Crippen LogP contribution in [0.4, 0.5) is 5.69 Å². The summed E-state index contributed by atoms with van der Waals surface area (Å²) in [6.07, 6.45) is 7.09. The lowest BCUT2D eigenvalue weighted by molar-refractivity contribution is 0.0706. The minimum Gasteiger partial charge on any atom is -0.367 e. The Morgan fingerprint density at radius 1 is 1.00 bits per heavy atom. The second-order valence-electron chi connectivity index (χ2n) is 7.10. The second-order valence-corrected chi connectivity index (χ2v) is 7.10. The van der Waals surface area contributed by atoms with Crippen molar-refractivity contribution < 1.29 is 10.0 Å². The van der Waals surface area contributed by atoms with Gasteiger partial charge in [-0.05, 0) is 71.8 Å². The largest absolute Gasteiger partial charge is 0.367 e. The van der Waals surface area contributed by atoms with Crippen molar-refractivity contribution >= 4 is 11.6 Å². The third kappa shape index (κ3) is 3.89. The van der Waals surface area contributed by atoms with Crippen LogP contribution < -0.4 is 10.4 Å². The van der Waals surface area contributed by atoms with Crippen molar-refractivity contribution in [2.75, 3.05) is 11.4 Å². The number of hydroxylamine groups is 1. The Kier molecular flexibility index (Phi) is 5.35. The fourth-order valence-corrected chi connectivity index (χ4v) is 3.74. The molecule has 1 aromatic heterocycles. The summed E-state index contributed by atoms with van der Waals surface area (Å²) in [6, 6.07) is 18.2. The third-order valence-corrected chi connectivity index (χ3v) is 5.25. The van der Waals surface area contributed by atoms with E-state index in [0.29, 0.717) is 5.56 Å². The molecule has 0 saturated carbocycles. The van der Waals surface area contributed by atoms with E-state index in [1.807, 2.05) is 36.7 Å². The SMILES string of the molecule is O=C(NO)c1ccc(CN2CCCCc3ccc(-c4ccncc4)cc32)cc1. The summed E-state index contributed by atoms with van der Waals surface area (Å²) < 4.78 is 0. The molecule has 2 N–H and O–H groups in total. The van der Waals surface area contributed by atoms with Gasteiger partial charge in [0.15, 0.2) is 0 Å². The van der Waals surface area contributed by atoms with Crippen LogP contribution in [0.5, 0.6) is 0 Å². The highest BCUT2D eigenvalue weighted by Gasteiger charge is 2.17. The van der Waals surface area contributed by atoms with Crippen molar-refractivity contribution in [1.29, 1.82) is 0 Å². The highest BCUT2D eigenvalue weighted by molar-refractivity contribution is 5.93. The zero-order chi connectivity index (χ0) is 19.3. The van der Waals surface area contributed by atoms with Gasteiger partial charge in [0.1, 0.15) is 0 Å². The molecule has 2 heterocycles. The van der Waals surface area contributed by atoms with E-state index in [4.69, 9.17) is 5.21 Å². The number of carbonyl (C=O) groups is 1.